The largest absolute Gasteiger partial charge is 0.493 e. The van der Waals surface area contributed by atoms with Crippen molar-refractivity contribution in [2.24, 2.45) is 0 Å². The summed E-state index contributed by atoms with van der Waals surface area (Å²) in [4.78, 5) is 0. The Bertz CT molecular complexity index is 346. The van der Waals surface area contributed by atoms with Crippen molar-refractivity contribution in [3.63, 3.8) is 0 Å². The molecule has 1 aromatic rings. The zero-order chi connectivity index (χ0) is 11.4. The van der Waals surface area contributed by atoms with Crippen LogP contribution in [-0.4, -0.2) is 27.3 Å². The highest BCUT2D eigenvalue weighted by Crippen LogP contribution is 2.32. The Morgan fingerprint density at radius 1 is 1.19 bits per heavy atom. The van der Waals surface area contributed by atoms with Gasteiger partial charge in [0.1, 0.15) is 0 Å². The van der Waals surface area contributed by atoms with Gasteiger partial charge in [-0.25, -0.2) is 0 Å². The smallest absolute Gasteiger partial charge is 0.160 e. The van der Waals surface area contributed by atoms with Crippen LogP contribution >= 0.6 is 0 Å². The van der Waals surface area contributed by atoms with E-state index in [-0.39, 0.29) is 0 Å². The molecule has 1 aliphatic heterocycles. The van der Waals surface area contributed by atoms with Crippen molar-refractivity contribution < 1.29 is 9.47 Å². The zero-order valence-corrected chi connectivity index (χ0v) is 9.95. The quantitative estimate of drug-likeness (QED) is 0.848. The van der Waals surface area contributed by atoms with Crippen LogP contribution in [0.1, 0.15) is 24.3 Å². The highest BCUT2D eigenvalue weighted by Gasteiger charge is 2.16. The summed E-state index contributed by atoms with van der Waals surface area (Å²) < 4.78 is 10.6. The normalized spacial score (nSPS) is 20.5. The number of hydrogen-bond acceptors (Lipinski definition) is 3. The van der Waals surface area contributed by atoms with Crippen molar-refractivity contribution in [2.75, 3.05) is 27.3 Å². The Labute approximate surface area is 96.8 Å². The average Bonchev–Trinajstić information content (AvgIpc) is 2.39. The molecule has 1 atom stereocenters. The van der Waals surface area contributed by atoms with Crippen molar-refractivity contribution in [1.82, 2.24) is 5.32 Å². The average molecular weight is 221 g/mol. The number of ether oxygens (including phenoxy) is 2. The lowest BCUT2D eigenvalue weighted by atomic mass is 9.91. The summed E-state index contributed by atoms with van der Waals surface area (Å²) in [5.74, 6) is 2.23. The molecule has 1 heterocycles. The summed E-state index contributed by atoms with van der Waals surface area (Å²) in [5.41, 5.74) is 1.34. The van der Waals surface area contributed by atoms with E-state index >= 15 is 0 Å². The SMILES string of the molecule is COc1ccc([C@H]2CCCNC2)cc1OC. The van der Waals surface area contributed by atoms with Gasteiger partial charge in [0.2, 0.25) is 0 Å². The third-order valence-electron chi connectivity index (χ3n) is 3.18. The first kappa shape index (κ1) is 11.3. The van der Waals surface area contributed by atoms with Gasteiger partial charge in [-0.3, -0.25) is 0 Å². The summed E-state index contributed by atoms with van der Waals surface area (Å²) in [7, 11) is 3.35. The van der Waals surface area contributed by atoms with Crippen LogP contribution in [0, 0.1) is 0 Å². The minimum atomic E-state index is 0.605. The maximum Gasteiger partial charge on any atom is 0.160 e. The second-order valence-electron chi connectivity index (χ2n) is 4.16. The maximum absolute atomic E-state index is 5.32. The molecule has 1 aromatic carbocycles. The van der Waals surface area contributed by atoms with Gasteiger partial charge in [0.05, 0.1) is 14.2 Å². The molecular formula is C13H19NO2. The molecule has 16 heavy (non-hydrogen) atoms. The fraction of sp³-hybridized carbons (Fsp3) is 0.538. The van der Waals surface area contributed by atoms with Crippen molar-refractivity contribution in [2.45, 2.75) is 18.8 Å². The number of benzene rings is 1. The summed E-state index contributed by atoms with van der Waals surface area (Å²) in [6.07, 6.45) is 2.50. The molecule has 2 rings (SSSR count). The fourth-order valence-corrected chi connectivity index (χ4v) is 2.24. The zero-order valence-electron chi connectivity index (χ0n) is 9.95. The molecule has 1 N–H and O–H groups in total. The Kier molecular flexibility index (Phi) is 3.67. The van der Waals surface area contributed by atoms with E-state index in [0.29, 0.717) is 5.92 Å². The monoisotopic (exact) mass is 221 g/mol. The molecule has 88 valence electrons. The number of methoxy groups -OCH3 is 2. The minimum Gasteiger partial charge on any atom is -0.493 e. The molecule has 3 nitrogen and oxygen atoms in total. The van der Waals surface area contributed by atoms with Crippen molar-refractivity contribution in [3.05, 3.63) is 23.8 Å². The van der Waals surface area contributed by atoms with Crippen LogP contribution < -0.4 is 14.8 Å². The number of hydrogen-bond donors (Lipinski definition) is 1. The van der Waals surface area contributed by atoms with E-state index in [1.54, 1.807) is 14.2 Å². The topological polar surface area (TPSA) is 30.5 Å². The van der Waals surface area contributed by atoms with Gasteiger partial charge in [-0.1, -0.05) is 6.07 Å². The van der Waals surface area contributed by atoms with Crippen LogP contribution in [0.2, 0.25) is 0 Å². The lowest BCUT2D eigenvalue weighted by molar-refractivity contribution is 0.353. The Hall–Kier alpha value is -1.22. The second kappa shape index (κ2) is 5.21. The number of nitrogens with one attached hydrogen (secondary N) is 1. The Morgan fingerprint density at radius 2 is 2.00 bits per heavy atom. The first-order chi connectivity index (χ1) is 7.85. The van der Waals surface area contributed by atoms with E-state index in [0.717, 1.165) is 24.6 Å². The van der Waals surface area contributed by atoms with Gasteiger partial charge < -0.3 is 14.8 Å². The van der Waals surface area contributed by atoms with Crippen LogP contribution in [-0.2, 0) is 0 Å². The van der Waals surface area contributed by atoms with Crippen LogP contribution in [0.25, 0.3) is 0 Å². The lowest BCUT2D eigenvalue weighted by Gasteiger charge is -2.23. The van der Waals surface area contributed by atoms with Gasteiger partial charge in [-0.05, 0) is 43.0 Å². The van der Waals surface area contributed by atoms with E-state index in [9.17, 15) is 0 Å². The predicted octanol–water partition coefficient (Wildman–Crippen LogP) is 2.17. The van der Waals surface area contributed by atoms with Crippen LogP contribution in [0.3, 0.4) is 0 Å². The molecule has 1 fully saturated rings. The first-order valence-corrected chi connectivity index (χ1v) is 5.78. The predicted molar refractivity (Wildman–Crippen MR) is 64.4 cm³/mol. The summed E-state index contributed by atoms with van der Waals surface area (Å²) in [6.45, 7) is 2.21. The Balaban J connectivity index is 2.20. The molecule has 0 aliphatic carbocycles. The minimum absolute atomic E-state index is 0.605. The molecule has 1 saturated heterocycles. The lowest BCUT2D eigenvalue weighted by Crippen LogP contribution is -2.28. The van der Waals surface area contributed by atoms with E-state index in [4.69, 9.17) is 9.47 Å². The highest BCUT2D eigenvalue weighted by molar-refractivity contribution is 5.44. The molecule has 1 aliphatic rings. The van der Waals surface area contributed by atoms with Gasteiger partial charge in [0.25, 0.3) is 0 Å². The molecule has 0 unspecified atom stereocenters. The van der Waals surface area contributed by atoms with Gasteiger partial charge in [-0.15, -0.1) is 0 Å². The second-order valence-corrected chi connectivity index (χ2v) is 4.16. The van der Waals surface area contributed by atoms with Gasteiger partial charge in [0, 0.05) is 6.54 Å². The highest BCUT2D eigenvalue weighted by atomic mass is 16.5. The molecule has 0 amide bonds. The summed E-state index contributed by atoms with van der Waals surface area (Å²) >= 11 is 0. The van der Waals surface area contributed by atoms with Crippen LogP contribution in [0.5, 0.6) is 11.5 Å². The number of piperidine rings is 1. The standard InChI is InChI=1S/C13H19NO2/c1-15-12-6-5-10(8-13(12)16-2)11-4-3-7-14-9-11/h5-6,8,11,14H,3-4,7,9H2,1-2H3/t11-/m0/s1. The Morgan fingerprint density at radius 3 is 2.62 bits per heavy atom. The van der Waals surface area contributed by atoms with E-state index < -0.39 is 0 Å². The third-order valence-corrected chi connectivity index (χ3v) is 3.18. The van der Waals surface area contributed by atoms with Crippen molar-refractivity contribution in [3.8, 4) is 11.5 Å². The van der Waals surface area contributed by atoms with Gasteiger partial charge in [-0.2, -0.15) is 0 Å². The molecule has 0 spiro atoms. The van der Waals surface area contributed by atoms with E-state index in [1.807, 2.05) is 6.07 Å². The molecule has 0 saturated carbocycles. The first-order valence-electron chi connectivity index (χ1n) is 5.78. The molecular weight excluding hydrogens is 202 g/mol. The molecule has 0 bridgehead atoms. The molecule has 0 aromatic heterocycles. The summed E-state index contributed by atoms with van der Waals surface area (Å²) in [6, 6.07) is 6.22. The van der Waals surface area contributed by atoms with Gasteiger partial charge >= 0.3 is 0 Å². The van der Waals surface area contributed by atoms with E-state index in [1.165, 1.54) is 18.4 Å². The van der Waals surface area contributed by atoms with Crippen molar-refractivity contribution >= 4 is 0 Å². The van der Waals surface area contributed by atoms with Crippen molar-refractivity contribution in [1.29, 1.82) is 0 Å². The number of rotatable bonds is 3. The molecule has 0 radical (unpaired) electrons. The fourth-order valence-electron chi connectivity index (χ4n) is 2.24. The van der Waals surface area contributed by atoms with Gasteiger partial charge in [0.15, 0.2) is 11.5 Å². The van der Waals surface area contributed by atoms with Crippen LogP contribution in [0.4, 0.5) is 0 Å². The van der Waals surface area contributed by atoms with E-state index in [2.05, 4.69) is 17.4 Å². The maximum atomic E-state index is 5.32. The van der Waals surface area contributed by atoms with Crippen LogP contribution in [0.15, 0.2) is 18.2 Å². The third kappa shape index (κ3) is 2.30. The summed E-state index contributed by atoms with van der Waals surface area (Å²) in [5, 5.41) is 3.43. The molecule has 3 heteroatoms.